The van der Waals surface area contributed by atoms with E-state index in [0.29, 0.717) is 6.42 Å². The van der Waals surface area contributed by atoms with Crippen LogP contribution >= 0.6 is 11.6 Å². The van der Waals surface area contributed by atoms with Crippen LogP contribution in [0.5, 0.6) is 5.75 Å². The maximum Gasteiger partial charge on any atom is 0.323 e. The summed E-state index contributed by atoms with van der Waals surface area (Å²) in [6.45, 7) is 6.84. The first-order valence-corrected chi connectivity index (χ1v) is 6.91. The summed E-state index contributed by atoms with van der Waals surface area (Å²) >= 11 is 5.77. The van der Waals surface area contributed by atoms with Gasteiger partial charge in [-0.25, -0.2) is 4.39 Å². The van der Waals surface area contributed by atoms with E-state index in [4.69, 9.17) is 26.8 Å². The van der Waals surface area contributed by atoms with Gasteiger partial charge in [-0.15, -0.1) is 6.58 Å². The number of carbonyl (C=O) groups is 1. The van der Waals surface area contributed by atoms with Gasteiger partial charge in [-0.2, -0.15) is 0 Å². The molecule has 0 bridgehead atoms. The van der Waals surface area contributed by atoms with Gasteiger partial charge in [0.1, 0.15) is 29.8 Å². The minimum Gasteiger partial charge on any atom is -0.486 e. The summed E-state index contributed by atoms with van der Waals surface area (Å²) in [6, 6.07) is 3.15. The van der Waals surface area contributed by atoms with E-state index in [9.17, 15) is 9.18 Å². The molecule has 0 aliphatic heterocycles. The van der Waals surface area contributed by atoms with Crippen LogP contribution < -0.4 is 10.5 Å². The average molecular weight is 316 g/mol. The molecule has 0 spiro atoms. The Bertz CT molecular complexity index is 487. The molecule has 1 rings (SSSR count). The van der Waals surface area contributed by atoms with Gasteiger partial charge >= 0.3 is 5.97 Å². The predicted molar refractivity (Wildman–Crippen MR) is 79.8 cm³/mol. The van der Waals surface area contributed by atoms with Crippen LogP contribution in [0.1, 0.15) is 20.3 Å². The highest BCUT2D eigenvalue weighted by Gasteiger charge is 2.23. The summed E-state index contributed by atoms with van der Waals surface area (Å²) in [6.07, 6.45) is 0.968. The maximum atomic E-state index is 13.3. The molecule has 3 atom stereocenters. The van der Waals surface area contributed by atoms with Crippen molar-refractivity contribution in [3.8, 4) is 5.75 Å². The summed E-state index contributed by atoms with van der Waals surface area (Å²) in [4.78, 5) is 11.5. The third-order valence-corrected chi connectivity index (χ3v) is 2.94. The molecule has 1 aromatic rings. The standard InChI is InChI=1S/C15H19ClFNO3/c1-4-5-14(10(3)20-15(19)9(2)18)21-13-7-11(16)6-12(17)8-13/h4,6-10,14H,1,5,18H2,2-3H3/t9-,10-,14+/m0/s1. The maximum absolute atomic E-state index is 13.3. The first kappa shape index (κ1) is 17.5. The zero-order valence-electron chi connectivity index (χ0n) is 12.0. The molecule has 0 unspecified atom stereocenters. The van der Waals surface area contributed by atoms with Gasteiger partial charge in [0, 0.05) is 17.5 Å². The summed E-state index contributed by atoms with van der Waals surface area (Å²) in [5.41, 5.74) is 5.45. The average Bonchev–Trinajstić information content (AvgIpc) is 2.36. The number of halogens is 2. The number of nitrogens with two attached hydrogens (primary N) is 1. The Morgan fingerprint density at radius 1 is 1.48 bits per heavy atom. The van der Waals surface area contributed by atoms with Crippen molar-refractivity contribution >= 4 is 17.6 Å². The Morgan fingerprint density at radius 3 is 2.67 bits per heavy atom. The fraction of sp³-hybridized carbons (Fsp3) is 0.400. The molecule has 4 nitrogen and oxygen atoms in total. The molecule has 0 amide bonds. The number of hydrogen-bond donors (Lipinski definition) is 1. The van der Waals surface area contributed by atoms with Gasteiger partial charge < -0.3 is 15.2 Å². The molecule has 116 valence electrons. The van der Waals surface area contributed by atoms with Gasteiger partial charge in [0.05, 0.1) is 0 Å². The van der Waals surface area contributed by atoms with E-state index in [-0.39, 0.29) is 10.8 Å². The van der Waals surface area contributed by atoms with Crippen LogP contribution in [0, 0.1) is 5.82 Å². The Labute approximate surface area is 128 Å². The lowest BCUT2D eigenvalue weighted by atomic mass is 10.1. The van der Waals surface area contributed by atoms with Gasteiger partial charge in [0.25, 0.3) is 0 Å². The smallest absolute Gasteiger partial charge is 0.323 e. The van der Waals surface area contributed by atoms with Crippen LogP contribution in [0.3, 0.4) is 0 Å². The fourth-order valence-electron chi connectivity index (χ4n) is 1.64. The second kappa shape index (κ2) is 8.00. The van der Waals surface area contributed by atoms with Crippen molar-refractivity contribution in [2.24, 2.45) is 5.73 Å². The highest BCUT2D eigenvalue weighted by molar-refractivity contribution is 6.30. The largest absolute Gasteiger partial charge is 0.486 e. The number of hydrogen-bond acceptors (Lipinski definition) is 4. The van der Waals surface area contributed by atoms with Crippen molar-refractivity contribution in [3.05, 3.63) is 41.7 Å². The monoisotopic (exact) mass is 315 g/mol. The van der Waals surface area contributed by atoms with E-state index in [0.717, 1.165) is 0 Å². The Hall–Kier alpha value is -1.59. The molecule has 1 aromatic carbocycles. The third kappa shape index (κ3) is 5.73. The lowest BCUT2D eigenvalue weighted by Crippen LogP contribution is -2.38. The summed E-state index contributed by atoms with van der Waals surface area (Å²) in [5, 5.41) is 0.225. The molecule has 6 heteroatoms. The zero-order chi connectivity index (χ0) is 16.0. The minimum atomic E-state index is -0.722. The normalized spacial score (nSPS) is 14.9. The fourth-order valence-corrected chi connectivity index (χ4v) is 1.85. The van der Waals surface area contributed by atoms with Gasteiger partial charge in [-0.3, -0.25) is 4.79 Å². The van der Waals surface area contributed by atoms with Gasteiger partial charge in [-0.05, 0) is 26.0 Å². The van der Waals surface area contributed by atoms with Crippen LogP contribution in [0.25, 0.3) is 0 Å². The van der Waals surface area contributed by atoms with Crippen LogP contribution in [0.4, 0.5) is 4.39 Å². The number of esters is 1. The van der Waals surface area contributed by atoms with Crippen LogP contribution in [0.2, 0.25) is 5.02 Å². The molecule has 0 saturated carbocycles. The molecule has 2 N–H and O–H groups in total. The first-order valence-electron chi connectivity index (χ1n) is 6.53. The lowest BCUT2D eigenvalue weighted by molar-refractivity contribution is -0.153. The lowest BCUT2D eigenvalue weighted by Gasteiger charge is -2.25. The van der Waals surface area contributed by atoms with Crippen LogP contribution in [0.15, 0.2) is 30.9 Å². The Balaban J connectivity index is 2.80. The van der Waals surface area contributed by atoms with Crippen LogP contribution in [-0.2, 0) is 9.53 Å². The molecule has 0 heterocycles. The van der Waals surface area contributed by atoms with Crippen molar-refractivity contribution in [2.75, 3.05) is 0 Å². The second-order valence-electron chi connectivity index (χ2n) is 4.72. The van der Waals surface area contributed by atoms with E-state index >= 15 is 0 Å². The molecular formula is C15H19ClFNO3. The van der Waals surface area contributed by atoms with E-state index < -0.39 is 30.0 Å². The molecule has 0 aliphatic carbocycles. The molecule has 0 aromatic heterocycles. The number of benzene rings is 1. The van der Waals surface area contributed by atoms with E-state index in [2.05, 4.69) is 6.58 Å². The molecular weight excluding hydrogens is 297 g/mol. The zero-order valence-corrected chi connectivity index (χ0v) is 12.8. The summed E-state index contributed by atoms with van der Waals surface area (Å²) in [5.74, 6) is -0.775. The van der Waals surface area contributed by atoms with Crippen molar-refractivity contribution in [1.29, 1.82) is 0 Å². The summed E-state index contributed by atoms with van der Waals surface area (Å²) in [7, 11) is 0. The molecule has 0 saturated heterocycles. The molecule has 0 radical (unpaired) electrons. The van der Waals surface area contributed by atoms with Gasteiger partial charge in [-0.1, -0.05) is 17.7 Å². The number of rotatable bonds is 7. The first-order chi connectivity index (χ1) is 9.83. The highest BCUT2D eigenvalue weighted by Crippen LogP contribution is 2.23. The SMILES string of the molecule is C=CC[C@@H](Oc1cc(F)cc(Cl)c1)[C@H](C)OC(=O)[C@H](C)N. The number of ether oxygens (including phenoxy) is 2. The number of carbonyl (C=O) groups excluding carboxylic acids is 1. The quantitative estimate of drug-likeness (QED) is 0.620. The van der Waals surface area contributed by atoms with Gasteiger partial charge in [0.15, 0.2) is 0 Å². The van der Waals surface area contributed by atoms with Crippen molar-refractivity contribution in [2.45, 2.75) is 38.5 Å². The second-order valence-corrected chi connectivity index (χ2v) is 5.15. The van der Waals surface area contributed by atoms with Gasteiger partial charge in [0.2, 0.25) is 0 Å². The Morgan fingerprint density at radius 2 is 2.14 bits per heavy atom. The van der Waals surface area contributed by atoms with E-state index in [1.165, 1.54) is 25.1 Å². The van der Waals surface area contributed by atoms with Crippen molar-refractivity contribution < 1.29 is 18.7 Å². The highest BCUT2D eigenvalue weighted by atomic mass is 35.5. The predicted octanol–water partition coefficient (Wildman–Crippen LogP) is 3.08. The van der Waals surface area contributed by atoms with Crippen molar-refractivity contribution in [1.82, 2.24) is 0 Å². The van der Waals surface area contributed by atoms with Crippen LogP contribution in [-0.4, -0.2) is 24.2 Å². The topological polar surface area (TPSA) is 61.5 Å². The minimum absolute atomic E-state index is 0.225. The summed E-state index contributed by atoms with van der Waals surface area (Å²) < 4.78 is 24.1. The van der Waals surface area contributed by atoms with Crippen molar-refractivity contribution in [3.63, 3.8) is 0 Å². The molecule has 21 heavy (non-hydrogen) atoms. The molecule has 0 aliphatic rings. The van der Waals surface area contributed by atoms with E-state index in [1.807, 2.05) is 0 Å². The van der Waals surface area contributed by atoms with E-state index in [1.54, 1.807) is 13.0 Å². The molecule has 0 fully saturated rings. The Kier molecular flexibility index (Phi) is 6.65. The third-order valence-electron chi connectivity index (χ3n) is 2.72.